The number of likely N-dealkylation sites (tertiary alicyclic amines) is 1. The van der Waals surface area contributed by atoms with Gasteiger partial charge in [-0.05, 0) is 161 Å². The molecule has 58 heteroatoms. The smallest absolute Gasteiger partial charge is 0.326 e. The topological polar surface area (TPSA) is 990 Å². The largest absolute Gasteiger partial charge is 0.480 e. The number of para-hydroxylation sites is 1. The number of carbonyl (C=O) groups excluding carboxylic acids is 18. The van der Waals surface area contributed by atoms with Crippen LogP contribution >= 0.6 is 0 Å². The second kappa shape index (κ2) is 64.8. The van der Waals surface area contributed by atoms with Gasteiger partial charge in [-0.25, -0.2) is 4.79 Å². The standard InChI is InChI=1S/C82H141N37O21/c1-43(108-67(129)50(19-9-29-97-78(87)88)112-74(136)55(25-26-58(86)121)116-75(137)57-24-14-34-119(57)76(138)65(44(2)120)118-64(127)42-107-63(126)41-106-62(125)40-105-61(124)39-104-60(123)38-103-59(122)36-85)66(128)109-51(20-10-30-98-79(89)90)70(132)113-53(22-12-32-100-81(93)94)72(134)114-52(21-11-31-99-80(91)92)71(133)111-48(17-5-7-27-83)68(130)110-49(18-6-8-28-84)69(131)115-54(23-13-33-101-82(95)96)73(135)117-56(77(139)140)35-45-37-102-47-16-4-3-15-46(45)47/h3-4,15-16,37,43-44,48-57,65,102,120H,5-14,17-36,38-42,83-85H2,1-2H3,(H2,86,121)(H,103,122)(H,104,123)(H,105,124)(H,106,125)(H,107,126)(H,108,129)(H,109,128)(H,110,130)(H,111,133)(H,112,136)(H,113,132)(H,114,134)(H,115,131)(H,116,137)(H,117,135)(H,118,127)(H,139,140)(H4,87,88,97)(H4,89,90,98)(H4,91,92,99)(H4,93,94,100)(H4,95,96,101)/t43-,44+,48-,49-,50-,51-,52-,53-,54-,55-,56-,57-,65-/m0/s1. The molecule has 1 aliphatic heterocycles. The van der Waals surface area contributed by atoms with E-state index >= 15 is 0 Å². The first-order valence-electron chi connectivity index (χ1n) is 45.6. The predicted molar refractivity (Wildman–Crippen MR) is 507 cm³/mol. The fourth-order valence-electron chi connectivity index (χ4n) is 14.0. The van der Waals surface area contributed by atoms with Gasteiger partial charge in [-0.1, -0.05) is 18.2 Å². The Morgan fingerprint density at radius 1 is 0.393 bits per heavy atom. The number of carboxylic acids is 1. The van der Waals surface area contributed by atoms with Crippen molar-refractivity contribution in [2.75, 3.05) is 91.6 Å². The van der Waals surface area contributed by atoms with Crippen LogP contribution in [0.4, 0.5) is 0 Å². The molecule has 2 heterocycles. The number of guanidine groups is 5. The van der Waals surface area contributed by atoms with Gasteiger partial charge in [-0.2, -0.15) is 0 Å². The summed E-state index contributed by atoms with van der Waals surface area (Å²) in [6.07, 6.45) is -1.50. The van der Waals surface area contributed by atoms with Crippen LogP contribution in [0.25, 0.3) is 10.9 Å². The molecule has 0 saturated carbocycles. The Labute approximate surface area is 806 Å². The molecular formula is C82H141N37O21. The molecule has 47 N–H and O–H groups in total. The lowest BCUT2D eigenvalue weighted by Gasteiger charge is -2.31. The van der Waals surface area contributed by atoms with Gasteiger partial charge in [-0.15, -0.1) is 0 Å². The van der Waals surface area contributed by atoms with Crippen molar-refractivity contribution in [3.63, 3.8) is 0 Å². The molecule has 1 saturated heterocycles. The van der Waals surface area contributed by atoms with Crippen LogP contribution in [0.15, 0.2) is 30.5 Å². The Balaban J connectivity index is 1.95. The number of aliphatic hydroxyl groups is 1. The average molecular weight is 1980 g/mol. The highest BCUT2D eigenvalue weighted by atomic mass is 16.4. The monoisotopic (exact) mass is 1980 g/mol. The molecule has 140 heavy (non-hydrogen) atoms. The van der Waals surface area contributed by atoms with E-state index in [1.54, 1.807) is 30.5 Å². The molecule has 0 radical (unpaired) electrons. The summed E-state index contributed by atoms with van der Waals surface area (Å²) in [4.78, 5) is 263. The number of fused-ring (bicyclic) bond motifs is 1. The van der Waals surface area contributed by atoms with Crippen LogP contribution in [-0.2, 0) is 97.5 Å². The Morgan fingerprint density at radius 3 is 1.05 bits per heavy atom. The van der Waals surface area contributed by atoms with Crippen molar-refractivity contribution < 1.29 is 101 Å². The summed E-state index contributed by atoms with van der Waals surface area (Å²) in [6, 6.07) is -11.8. The fourth-order valence-corrected chi connectivity index (χ4v) is 14.0. The minimum atomic E-state index is -1.76. The predicted octanol–water partition coefficient (Wildman–Crippen LogP) is -14.1. The third kappa shape index (κ3) is 47.6. The number of rotatable bonds is 68. The number of aromatic nitrogens is 1. The second-order valence-corrected chi connectivity index (χ2v) is 32.7. The number of nitrogens with zero attached hydrogens (tertiary/aromatic N) is 1. The number of aromatic amines is 1. The van der Waals surface area contributed by atoms with Crippen molar-refractivity contribution in [2.45, 2.75) is 227 Å². The highest BCUT2D eigenvalue weighted by Gasteiger charge is 2.42. The molecule has 0 unspecified atom stereocenters. The van der Waals surface area contributed by atoms with Gasteiger partial charge in [0.2, 0.25) is 106 Å². The average Bonchev–Trinajstić information content (AvgIpc) is 1.65. The number of aliphatic carboxylic acids is 1. The molecule has 1 aromatic carbocycles. The van der Waals surface area contributed by atoms with Crippen LogP contribution in [0.3, 0.4) is 0 Å². The van der Waals surface area contributed by atoms with Crippen molar-refractivity contribution in [3.8, 4) is 0 Å². The fraction of sp³-hybridized carbons (Fsp3) is 0.610. The number of primary amides is 1. The van der Waals surface area contributed by atoms with Gasteiger partial charge < -0.3 is 183 Å². The maximum atomic E-state index is 15.0. The summed E-state index contributed by atoms with van der Waals surface area (Å²) in [7, 11) is 0. The number of carbonyl (C=O) groups is 19. The number of hydrogen-bond acceptors (Lipinski definition) is 28. The summed E-state index contributed by atoms with van der Waals surface area (Å²) < 4.78 is 0. The van der Waals surface area contributed by atoms with Crippen molar-refractivity contribution in [1.29, 1.82) is 27.0 Å². The maximum Gasteiger partial charge on any atom is 0.326 e. The van der Waals surface area contributed by atoms with Crippen molar-refractivity contribution in [1.82, 2.24) is 122 Å². The highest BCUT2D eigenvalue weighted by Crippen LogP contribution is 2.23. The molecule has 0 aliphatic carbocycles. The van der Waals surface area contributed by atoms with E-state index in [0.717, 1.165) is 11.8 Å². The number of nitrogens with two attached hydrogens (primary N) is 9. The van der Waals surface area contributed by atoms with Gasteiger partial charge in [-0.3, -0.25) is 113 Å². The number of hydrogen-bond donors (Lipinski definition) is 38. The van der Waals surface area contributed by atoms with Crippen LogP contribution in [-0.4, -0.2) is 332 Å². The zero-order valence-electron chi connectivity index (χ0n) is 78.4. The molecule has 0 spiro atoms. The lowest BCUT2D eigenvalue weighted by Crippen LogP contribution is -2.61. The molecule has 1 aliphatic rings. The SMILES string of the molecule is C[C@H](NC(=O)[C@H](CCCNC(=N)N)NC(=O)[C@H](CCC(N)=O)NC(=O)[C@@H]1CCCN1C(=O)[C@@H](NC(=O)CNC(=O)CNC(=O)CNC(=O)CNC(=O)CNC(=O)CN)[C@@H](C)O)C(=O)N[C@@H](CCCNC(=N)N)C(=O)N[C@@H](CCCNC(=N)N)C(=O)N[C@@H](CCCNC(=N)N)C(=O)N[C@@H](CCCCN)C(=O)N[C@@H](CCCCN)C(=O)N[C@@H](CCCNC(=N)N)C(=O)N[C@@H](Cc1c[nH]c2ccccc12)C(=O)O. The third-order valence-corrected chi connectivity index (χ3v) is 21.3. The van der Waals surface area contributed by atoms with Gasteiger partial charge in [0.25, 0.3) is 0 Å². The van der Waals surface area contributed by atoms with Gasteiger partial charge >= 0.3 is 5.97 Å². The van der Waals surface area contributed by atoms with Crippen LogP contribution in [0, 0.1) is 27.0 Å². The molecule has 3 rings (SSSR count). The Bertz CT molecular complexity index is 4580. The third-order valence-electron chi connectivity index (χ3n) is 21.3. The Morgan fingerprint density at radius 2 is 0.714 bits per heavy atom. The zero-order valence-corrected chi connectivity index (χ0v) is 78.4. The van der Waals surface area contributed by atoms with E-state index in [1.165, 1.54) is 6.92 Å². The molecule has 1 aromatic heterocycles. The van der Waals surface area contributed by atoms with E-state index in [0.29, 0.717) is 29.3 Å². The number of amides is 18. The van der Waals surface area contributed by atoms with Gasteiger partial charge in [0, 0.05) is 69.2 Å². The minimum absolute atomic E-state index is 0.00218. The van der Waals surface area contributed by atoms with E-state index in [4.69, 9.17) is 78.6 Å². The van der Waals surface area contributed by atoms with Crippen molar-refractivity contribution >= 4 is 153 Å². The van der Waals surface area contributed by atoms with Gasteiger partial charge in [0.15, 0.2) is 29.8 Å². The van der Waals surface area contributed by atoms with Gasteiger partial charge in [0.05, 0.1) is 45.4 Å². The maximum absolute atomic E-state index is 15.0. The first-order valence-corrected chi connectivity index (χ1v) is 45.6. The number of carboxylic acid groups (broad SMARTS) is 1. The normalized spacial score (nSPS) is 14.5. The lowest BCUT2D eigenvalue weighted by atomic mass is 10.0. The van der Waals surface area contributed by atoms with E-state index in [-0.39, 0.29) is 168 Å². The van der Waals surface area contributed by atoms with Gasteiger partial charge in [0.1, 0.15) is 72.5 Å². The Kier molecular flexibility index (Phi) is 55.1. The molecule has 1 fully saturated rings. The quantitative estimate of drug-likeness (QED) is 0.0166. The molecule has 18 amide bonds. The second-order valence-electron chi connectivity index (χ2n) is 32.7. The molecule has 2 aromatic rings. The molecular weight excluding hydrogens is 1840 g/mol. The van der Waals surface area contributed by atoms with E-state index < -0.39 is 266 Å². The summed E-state index contributed by atoms with van der Waals surface area (Å²) in [5.41, 5.74) is 51.5. The van der Waals surface area contributed by atoms with E-state index in [9.17, 15) is 101 Å². The number of aliphatic hydroxyl groups excluding tert-OH is 1. The van der Waals surface area contributed by atoms with Crippen molar-refractivity contribution in [2.24, 2.45) is 51.6 Å². The summed E-state index contributed by atoms with van der Waals surface area (Å²) in [6.45, 7) is -1.32. The number of unbranched alkanes of at least 4 members (excludes halogenated alkanes) is 2. The van der Waals surface area contributed by atoms with Crippen LogP contribution in [0.5, 0.6) is 0 Å². The van der Waals surface area contributed by atoms with E-state index in [1.807, 2.05) is 0 Å². The number of nitrogens with one attached hydrogen (secondary N) is 27. The zero-order chi connectivity index (χ0) is 105. The number of H-pyrrole nitrogens is 1. The van der Waals surface area contributed by atoms with E-state index in [2.05, 4.69) is 117 Å². The Hall–Kier alpha value is -15.1. The first-order chi connectivity index (χ1) is 66.4. The highest BCUT2D eigenvalue weighted by molar-refractivity contribution is 6.01. The minimum Gasteiger partial charge on any atom is -0.480 e. The lowest BCUT2D eigenvalue weighted by molar-refractivity contribution is -0.144. The van der Waals surface area contributed by atoms with Crippen LogP contribution in [0.2, 0.25) is 0 Å². The molecule has 13 atom stereocenters. The summed E-state index contributed by atoms with van der Waals surface area (Å²) in [5.74, 6) is -20.6. The van der Waals surface area contributed by atoms with Crippen LogP contribution < -0.4 is 163 Å². The van der Waals surface area contributed by atoms with Crippen molar-refractivity contribution in [3.05, 3.63) is 36.0 Å². The summed E-state index contributed by atoms with van der Waals surface area (Å²) >= 11 is 0. The summed E-state index contributed by atoms with van der Waals surface area (Å²) in [5, 5.41) is 112. The molecule has 780 valence electrons. The molecule has 0 bridgehead atoms. The first kappa shape index (κ1) is 119. The molecule has 58 nitrogen and oxygen atoms in total. The number of benzene rings is 1. The van der Waals surface area contributed by atoms with Crippen LogP contribution in [0.1, 0.15) is 148 Å².